The third-order valence-corrected chi connectivity index (χ3v) is 4.40. The van der Waals surface area contributed by atoms with Gasteiger partial charge in [0.1, 0.15) is 0 Å². The zero-order valence-corrected chi connectivity index (χ0v) is 13.5. The van der Waals surface area contributed by atoms with E-state index < -0.39 is 4.92 Å². The van der Waals surface area contributed by atoms with Crippen LogP contribution < -0.4 is 5.32 Å². The molecule has 1 aliphatic rings. The molecular formula is C16H23N3O4. The fourth-order valence-corrected chi connectivity index (χ4v) is 2.90. The molecule has 7 heteroatoms. The number of nitrogens with one attached hydrogen (secondary N) is 1. The molecule has 0 aliphatic heterocycles. The van der Waals surface area contributed by atoms with E-state index in [1.807, 2.05) is 0 Å². The maximum absolute atomic E-state index is 12.3. The molecule has 23 heavy (non-hydrogen) atoms. The molecule has 2 N–H and O–H groups in total. The average Bonchev–Trinajstić information content (AvgIpc) is 2.51. The van der Waals surface area contributed by atoms with Gasteiger partial charge in [0.05, 0.1) is 16.7 Å². The monoisotopic (exact) mass is 321 g/mol. The van der Waals surface area contributed by atoms with Gasteiger partial charge in [0, 0.05) is 31.6 Å². The van der Waals surface area contributed by atoms with E-state index in [1.54, 1.807) is 20.0 Å². The second-order valence-electron chi connectivity index (χ2n) is 6.18. The van der Waals surface area contributed by atoms with Crippen molar-refractivity contribution in [2.45, 2.75) is 38.7 Å². The summed E-state index contributed by atoms with van der Waals surface area (Å²) < 4.78 is 0. The average molecular weight is 321 g/mol. The van der Waals surface area contributed by atoms with E-state index in [-0.39, 0.29) is 23.7 Å². The molecule has 1 fully saturated rings. The van der Waals surface area contributed by atoms with E-state index in [0.29, 0.717) is 12.2 Å². The molecule has 0 aromatic heterocycles. The number of carbonyl (C=O) groups is 1. The Hall–Kier alpha value is -2.15. The van der Waals surface area contributed by atoms with Crippen LogP contribution in [0.25, 0.3) is 0 Å². The maximum Gasteiger partial charge on any atom is 0.321 e. The Morgan fingerprint density at radius 3 is 2.78 bits per heavy atom. The number of hydrogen-bond donors (Lipinski definition) is 2. The molecule has 1 aromatic rings. The van der Waals surface area contributed by atoms with Crippen LogP contribution in [0.3, 0.4) is 0 Å². The summed E-state index contributed by atoms with van der Waals surface area (Å²) in [6.07, 6.45) is 3.43. The first-order valence-electron chi connectivity index (χ1n) is 7.83. The van der Waals surface area contributed by atoms with Gasteiger partial charge in [-0.25, -0.2) is 4.79 Å². The van der Waals surface area contributed by atoms with Gasteiger partial charge in [-0.15, -0.1) is 0 Å². The smallest absolute Gasteiger partial charge is 0.321 e. The normalized spacial score (nSPS) is 20.8. The Kier molecular flexibility index (Phi) is 5.54. The van der Waals surface area contributed by atoms with Crippen molar-refractivity contribution >= 4 is 17.4 Å². The molecule has 2 amide bonds. The highest BCUT2D eigenvalue weighted by atomic mass is 16.6. The number of rotatable bonds is 4. The second kappa shape index (κ2) is 7.41. The van der Waals surface area contributed by atoms with Gasteiger partial charge in [0.25, 0.3) is 5.69 Å². The number of aliphatic hydroxyl groups is 1. The van der Waals surface area contributed by atoms with Gasteiger partial charge in [-0.3, -0.25) is 10.1 Å². The predicted octanol–water partition coefficient (Wildman–Crippen LogP) is 2.92. The maximum atomic E-state index is 12.3. The minimum Gasteiger partial charge on any atom is -0.393 e. The first-order valence-corrected chi connectivity index (χ1v) is 7.83. The molecule has 126 valence electrons. The number of hydrogen-bond acceptors (Lipinski definition) is 4. The summed E-state index contributed by atoms with van der Waals surface area (Å²) in [5, 5.41) is 23.5. The van der Waals surface area contributed by atoms with Crippen molar-refractivity contribution in [3.05, 3.63) is 33.9 Å². The van der Waals surface area contributed by atoms with Crippen LogP contribution in [0.2, 0.25) is 0 Å². The largest absolute Gasteiger partial charge is 0.393 e. The Labute approximate surface area is 135 Å². The zero-order chi connectivity index (χ0) is 17.0. The van der Waals surface area contributed by atoms with Crippen molar-refractivity contribution in [2.24, 2.45) is 5.92 Å². The van der Waals surface area contributed by atoms with Gasteiger partial charge < -0.3 is 15.3 Å². The van der Waals surface area contributed by atoms with E-state index in [0.717, 1.165) is 31.2 Å². The highest BCUT2D eigenvalue weighted by Gasteiger charge is 2.25. The van der Waals surface area contributed by atoms with E-state index in [4.69, 9.17) is 0 Å². The van der Waals surface area contributed by atoms with Crippen molar-refractivity contribution < 1.29 is 14.8 Å². The SMILES string of the molecule is Cc1ccc([N+](=O)[O-])cc1NC(=O)N(C)CC1CCCCC1O. The Morgan fingerprint density at radius 1 is 1.43 bits per heavy atom. The van der Waals surface area contributed by atoms with E-state index in [2.05, 4.69) is 5.32 Å². The number of aryl methyl sites for hydroxylation is 1. The number of benzene rings is 1. The van der Waals surface area contributed by atoms with Crippen molar-refractivity contribution in [2.75, 3.05) is 18.9 Å². The molecule has 0 saturated heterocycles. The number of carbonyl (C=O) groups excluding carboxylic acids is 1. The molecule has 0 heterocycles. The summed E-state index contributed by atoms with van der Waals surface area (Å²) in [4.78, 5) is 24.2. The van der Waals surface area contributed by atoms with Crippen LogP contribution in [0.5, 0.6) is 0 Å². The quantitative estimate of drug-likeness (QED) is 0.658. The molecule has 1 saturated carbocycles. The topological polar surface area (TPSA) is 95.7 Å². The second-order valence-corrected chi connectivity index (χ2v) is 6.18. The number of urea groups is 1. The van der Waals surface area contributed by atoms with Crippen LogP contribution in [-0.2, 0) is 0 Å². The molecule has 0 bridgehead atoms. The molecule has 1 aliphatic carbocycles. The number of non-ortho nitro benzene ring substituents is 1. The summed E-state index contributed by atoms with van der Waals surface area (Å²) >= 11 is 0. The Bertz CT molecular complexity index is 591. The van der Waals surface area contributed by atoms with Gasteiger partial charge in [-0.05, 0) is 25.3 Å². The summed E-state index contributed by atoms with van der Waals surface area (Å²) in [5.41, 5.74) is 1.13. The van der Waals surface area contributed by atoms with Crippen LogP contribution in [0.4, 0.5) is 16.2 Å². The lowest BCUT2D eigenvalue weighted by atomic mass is 9.86. The van der Waals surface area contributed by atoms with Crippen LogP contribution >= 0.6 is 0 Å². The van der Waals surface area contributed by atoms with Crippen LogP contribution in [0, 0.1) is 23.0 Å². The lowest BCUT2D eigenvalue weighted by Crippen LogP contribution is -2.40. The zero-order valence-electron chi connectivity index (χ0n) is 13.5. The summed E-state index contributed by atoms with van der Waals surface area (Å²) in [6, 6.07) is 4.05. The number of anilines is 1. The minimum absolute atomic E-state index is 0.0590. The minimum atomic E-state index is -0.489. The molecule has 1 aromatic carbocycles. The summed E-state index contributed by atoms with van der Waals surface area (Å²) in [5.74, 6) is 0.0886. The number of amides is 2. The Balaban J connectivity index is 2.00. The third kappa shape index (κ3) is 4.41. The van der Waals surface area contributed by atoms with Gasteiger partial charge in [0.15, 0.2) is 0 Å². The predicted molar refractivity (Wildman–Crippen MR) is 87.4 cm³/mol. The molecule has 0 radical (unpaired) electrons. The van der Waals surface area contributed by atoms with E-state index in [9.17, 15) is 20.0 Å². The fourth-order valence-electron chi connectivity index (χ4n) is 2.90. The van der Waals surface area contributed by atoms with Gasteiger partial charge in [-0.2, -0.15) is 0 Å². The van der Waals surface area contributed by atoms with Crippen LogP contribution in [0.1, 0.15) is 31.2 Å². The van der Waals surface area contributed by atoms with Crippen LogP contribution in [0.15, 0.2) is 18.2 Å². The van der Waals surface area contributed by atoms with Gasteiger partial charge >= 0.3 is 6.03 Å². The summed E-state index contributed by atoms with van der Waals surface area (Å²) in [6.45, 7) is 2.26. The first-order chi connectivity index (χ1) is 10.9. The molecule has 0 spiro atoms. The number of nitrogens with zero attached hydrogens (tertiary/aromatic N) is 2. The molecule has 2 unspecified atom stereocenters. The number of nitro benzene ring substituents is 1. The standard InChI is InChI=1S/C16H23N3O4/c1-11-7-8-13(19(22)23)9-14(11)17-16(21)18(2)10-12-5-3-4-6-15(12)20/h7-9,12,15,20H,3-6,10H2,1-2H3,(H,17,21). The van der Waals surface area contributed by atoms with E-state index >= 15 is 0 Å². The highest BCUT2D eigenvalue weighted by Crippen LogP contribution is 2.26. The van der Waals surface area contributed by atoms with Crippen molar-refractivity contribution in [1.29, 1.82) is 0 Å². The molecule has 7 nitrogen and oxygen atoms in total. The van der Waals surface area contributed by atoms with Crippen molar-refractivity contribution in [3.8, 4) is 0 Å². The molecule has 2 rings (SSSR count). The highest BCUT2D eigenvalue weighted by molar-refractivity contribution is 5.90. The number of aliphatic hydroxyl groups excluding tert-OH is 1. The summed E-state index contributed by atoms with van der Waals surface area (Å²) in [7, 11) is 1.67. The fraction of sp³-hybridized carbons (Fsp3) is 0.562. The van der Waals surface area contributed by atoms with Gasteiger partial charge in [-0.1, -0.05) is 18.9 Å². The van der Waals surface area contributed by atoms with Gasteiger partial charge in [0.2, 0.25) is 0 Å². The van der Waals surface area contributed by atoms with Crippen LogP contribution in [-0.4, -0.2) is 40.7 Å². The van der Waals surface area contributed by atoms with Crippen molar-refractivity contribution in [1.82, 2.24) is 4.90 Å². The van der Waals surface area contributed by atoms with Crippen molar-refractivity contribution in [3.63, 3.8) is 0 Å². The lowest BCUT2D eigenvalue weighted by Gasteiger charge is -2.31. The third-order valence-electron chi connectivity index (χ3n) is 4.40. The van der Waals surface area contributed by atoms with E-state index in [1.165, 1.54) is 17.0 Å². The first kappa shape index (κ1) is 17.2. The Morgan fingerprint density at radius 2 is 2.13 bits per heavy atom. The molecule has 2 atom stereocenters. The number of nitro groups is 1. The molecular weight excluding hydrogens is 298 g/mol. The lowest BCUT2D eigenvalue weighted by molar-refractivity contribution is -0.384.